The van der Waals surface area contributed by atoms with Gasteiger partial charge in [0.15, 0.2) is 0 Å². The standard InChI is InChI=1S/C17H16ClN3O3S/c1-12-2-4-13(5-3-12)10-25-11-17(22)20-19-9-14-8-15(21(23)24)6-7-16(14)18/h2-9H,10-11H2,1H3,(H,20,22)/b19-9-. The molecule has 1 amide bonds. The molecule has 0 saturated heterocycles. The summed E-state index contributed by atoms with van der Waals surface area (Å²) >= 11 is 7.42. The quantitative estimate of drug-likeness (QED) is 0.450. The van der Waals surface area contributed by atoms with Gasteiger partial charge in [0.25, 0.3) is 5.69 Å². The van der Waals surface area contributed by atoms with Crippen LogP contribution in [0.4, 0.5) is 5.69 Å². The lowest BCUT2D eigenvalue weighted by Gasteiger charge is -2.02. The Morgan fingerprint density at radius 1 is 1.32 bits per heavy atom. The molecule has 0 aliphatic rings. The summed E-state index contributed by atoms with van der Waals surface area (Å²) in [4.78, 5) is 22.0. The molecule has 0 aliphatic heterocycles. The smallest absolute Gasteiger partial charge is 0.270 e. The molecule has 25 heavy (non-hydrogen) atoms. The van der Waals surface area contributed by atoms with E-state index in [0.717, 1.165) is 11.3 Å². The molecule has 0 radical (unpaired) electrons. The van der Waals surface area contributed by atoms with Gasteiger partial charge in [0.05, 0.1) is 16.9 Å². The number of amides is 1. The zero-order chi connectivity index (χ0) is 18.2. The van der Waals surface area contributed by atoms with Gasteiger partial charge in [-0.3, -0.25) is 14.9 Å². The maximum Gasteiger partial charge on any atom is 0.270 e. The number of hydrogen-bond acceptors (Lipinski definition) is 5. The summed E-state index contributed by atoms with van der Waals surface area (Å²) in [5.74, 6) is 0.733. The summed E-state index contributed by atoms with van der Waals surface area (Å²) < 4.78 is 0. The van der Waals surface area contributed by atoms with E-state index < -0.39 is 4.92 Å². The van der Waals surface area contributed by atoms with E-state index >= 15 is 0 Å². The van der Waals surface area contributed by atoms with E-state index in [1.165, 1.54) is 41.7 Å². The van der Waals surface area contributed by atoms with Crippen molar-refractivity contribution in [2.24, 2.45) is 5.10 Å². The highest BCUT2D eigenvalue weighted by molar-refractivity contribution is 7.99. The van der Waals surface area contributed by atoms with Gasteiger partial charge in [-0.05, 0) is 18.6 Å². The number of nitro groups is 1. The minimum Gasteiger partial charge on any atom is -0.272 e. The number of hydrogen-bond donors (Lipinski definition) is 1. The van der Waals surface area contributed by atoms with Gasteiger partial charge >= 0.3 is 0 Å². The molecule has 0 aliphatic carbocycles. The molecule has 130 valence electrons. The first-order valence-corrected chi connectivity index (χ1v) is 8.88. The zero-order valence-corrected chi connectivity index (χ0v) is 15.0. The van der Waals surface area contributed by atoms with Crippen LogP contribution in [0.5, 0.6) is 0 Å². The molecule has 2 aromatic carbocycles. The van der Waals surface area contributed by atoms with Crippen molar-refractivity contribution >= 4 is 41.2 Å². The maximum absolute atomic E-state index is 11.8. The molecule has 2 aromatic rings. The number of rotatable bonds is 7. The second-order valence-electron chi connectivity index (χ2n) is 5.23. The lowest BCUT2D eigenvalue weighted by atomic mass is 10.2. The van der Waals surface area contributed by atoms with Crippen LogP contribution in [0.1, 0.15) is 16.7 Å². The Hall–Kier alpha value is -2.38. The minimum absolute atomic E-state index is 0.0918. The zero-order valence-electron chi connectivity index (χ0n) is 13.4. The summed E-state index contributed by atoms with van der Waals surface area (Å²) in [6, 6.07) is 12.1. The lowest BCUT2D eigenvalue weighted by Crippen LogP contribution is -2.19. The van der Waals surface area contributed by atoms with E-state index in [2.05, 4.69) is 10.5 Å². The number of aryl methyl sites for hydroxylation is 1. The van der Waals surface area contributed by atoms with Crippen LogP contribution in [0, 0.1) is 17.0 Å². The average Bonchev–Trinajstić information content (AvgIpc) is 2.58. The summed E-state index contributed by atoms with van der Waals surface area (Å²) in [6.07, 6.45) is 1.29. The monoisotopic (exact) mass is 377 g/mol. The van der Waals surface area contributed by atoms with Crippen molar-refractivity contribution in [3.8, 4) is 0 Å². The van der Waals surface area contributed by atoms with Gasteiger partial charge in [0, 0.05) is 28.5 Å². The molecular formula is C17H16ClN3O3S. The Kier molecular flexibility index (Phi) is 6.97. The number of nitro benzene ring substituents is 1. The van der Waals surface area contributed by atoms with Crippen molar-refractivity contribution in [3.05, 3.63) is 74.3 Å². The molecule has 1 N–H and O–H groups in total. The topological polar surface area (TPSA) is 84.6 Å². The fourth-order valence-electron chi connectivity index (χ4n) is 1.90. The highest BCUT2D eigenvalue weighted by Crippen LogP contribution is 2.20. The van der Waals surface area contributed by atoms with Crippen LogP contribution >= 0.6 is 23.4 Å². The SMILES string of the molecule is Cc1ccc(CSCC(=O)N/N=C\c2cc([N+](=O)[O-])ccc2Cl)cc1. The predicted molar refractivity (Wildman–Crippen MR) is 101 cm³/mol. The van der Waals surface area contributed by atoms with Gasteiger partial charge < -0.3 is 0 Å². The number of thioether (sulfide) groups is 1. The molecule has 0 spiro atoms. The molecule has 0 heterocycles. The summed E-state index contributed by atoms with van der Waals surface area (Å²) in [5.41, 5.74) is 5.00. The third-order valence-electron chi connectivity index (χ3n) is 3.21. The van der Waals surface area contributed by atoms with E-state index in [1.54, 1.807) is 0 Å². The maximum atomic E-state index is 11.8. The van der Waals surface area contributed by atoms with Gasteiger partial charge in [-0.2, -0.15) is 5.10 Å². The third kappa shape index (κ3) is 6.21. The predicted octanol–water partition coefficient (Wildman–Crippen LogP) is 3.94. The number of nitrogens with one attached hydrogen (secondary N) is 1. The van der Waals surface area contributed by atoms with Gasteiger partial charge in [0.1, 0.15) is 0 Å². The average molecular weight is 378 g/mol. The largest absolute Gasteiger partial charge is 0.272 e. The first-order chi connectivity index (χ1) is 12.0. The molecule has 0 saturated carbocycles. The second-order valence-corrected chi connectivity index (χ2v) is 6.63. The van der Waals surface area contributed by atoms with Gasteiger partial charge in [0.2, 0.25) is 5.91 Å². The molecule has 8 heteroatoms. The molecular weight excluding hydrogens is 362 g/mol. The van der Waals surface area contributed by atoms with Crippen molar-refractivity contribution < 1.29 is 9.72 Å². The van der Waals surface area contributed by atoms with Crippen molar-refractivity contribution in [2.45, 2.75) is 12.7 Å². The summed E-state index contributed by atoms with van der Waals surface area (Å²) in [6.45, 7) is 2.02. The molecule has 0 fully saturated rings. The van der Waals surface area contributed by atoms with Crippen LogP contribution in [0.15, 0.2) is 47.6 Å². The van der Waals surface area contributed by atoms with Crippen LogP contribution in [0.25, 0.3) is 0 Å². The molecule has 0 atom stereocenters. The van der Waals surface area contributed by atoms with Crippen molar-refractivity contribution in [1.29, 1.82) is 0 Å². The van der Waals surface area contributed by atoms with Crippen molar-refractivity contribution in [2.75, 3.05) is 5.75 Å². The molecule has 6 nitrogen and oxygen atoms in total. The van der Waals surface area contributed by atoms with Gasteiger partial charge in [-0.1, -0.05) is 41.4 Å². The summed E-state index contributed by atoms with van der Waals surface area (Å²) in [5, 5.41) is 14.9. The molecule has 2 rings (SSSR count). The van der Waals surface area contributed by atoms with Crippen LogP contribution in [-0.2, 0) is 10.5 Å². The lowest BCUT2D eigenvalue weighted by molar-refractivity contribution is -0.384. The third-order valence-corrected chi connectivity index (χ3v) is 4.55. The van der Waals surface area contributed by atoms with Crippen molar-refractivity contribution in [3.63, 3.8) is 0 Å². The second kappa shape index (κ2) is 9.19. The van der Waals surface area contributed by atoms with E-state index in [4.69, 9.17) is 11.6 Å². The first kappa shape index (κ1) is 19.0. The normalized spacial score (nSPS) is 10.8. The highest BCUT2D eigenvalue weighted by Gasteiger charge is 2.08. The number of carbonyl (C=O) groups excluding carboxylic acids is 1. The number of nitrogens with zero attached hydrogens (tertiary/aromatic N) is 2. The van der Waals surface area contributed by atoms with Crippen molar-refractivity contribution in [1.82, 2.24) is 5.43 Å². The van der Waals surface area contributed by atoms with Crippen LogP contribution in [0.2, 0.25) is 5.02 Å². The van der Waals surface area contributed by atoms with E-state index in [9.17, 15) is 14.9 Å². The Balaban J connectivity index is 1.81. The van der Waals surface area contributed by atoms with Gasteiger partial charge in [-0.15, -0.1) is 11.8 Å². The van der Waals surface area contributed by atoms with Crippen LogP contribution < -0.4 is 5.43 Å². The Labute approximate surface area is 154 Å². The highest BCUT2D eigenvalue weighted by atomic mass is 35.5. The van der Waals surface area contributed by atoms with E-state index in [0.29, 0.717) is 10.6 Å². The Morgan fingerprint density at radius 3 is 2.72 bits per heavy atom. The Morgan fingerprint density at radius 2 is 2.04 bits per heavy atom. The Bertz CT molecular complexity index is 794. The summed E-state index contributed by atoms with van der Waals surface area (Å²) in [7, 11) is 0. The first-order valence-electron chi connectivity index (χ1n) is 7.35. The number of benzene rings is 2. The van der Waals surface area contributed by atoms with Gasteiger partial charge in [-0.25, -0.2) is 5.43 Å². The molecule has 0 aromatic heterocycles. The van der Waals surface area contributed by atoms with Crippen LogP contribution in [-0.4, -0.2) is 22.8 Å². The fourth-order valence-corrected chi connectivity index (χ4v) is 2.84. The van der Waals surface area contributed by atoms with E-state index in [1.807, 2.05) is 31.2 Å². The number of carbonyl (C=O) groups is 1. The fraction of sp³-hybridized carbons (Fsp3) is 0.176. The van der Waals surface area contributed by atoms with Crippen LogP contribution in [0.3, 0.4) is 0 Å². The number of hydrazone groups is 1. The minimum atomic E-state index is -0.520. The number of halogens is 1. The molecule has 0 unspecified atom stereocenters. The van der Waals surface area contributed by atoms with E-state index in [-0.39, 0.29) is 17.3 Å². The number of non-ortho nitro benzene ring substituents is 1. The molecule has 0 bridgehead atoms.